The van der Waals surface area contributed by atoms with Crippen LogP contribution >= 0.6 is 0 Å². The van der Waals surface area contributed by atoms with Gasteiger partial charge in [0, 0.05) is 24.2 Å². The predicted molar refractivity (Wildman–Crippen MR) is 105 cm³/mol. The summed E-state index contributed by atoms with van der Waals surface area (Å²) in [5.74, 6) is 0.324. The van der Waals surface area contributed by atoms with Crippen LogP contribution in [0.15, 0.2) is 24.3 Å². The van der Waals surface area contributed by atoms with Crippen molar-refractivity contribution in [1.29, 1.82) is 0 Å². The second kappa shape index (κ2) is 6.66. The highest BCUT2D eigenvalue weighted by molar-refractivity contribution is 5.99. The van der Waals surface area contributed by atoms with E-state index < -0.39 is 11.0 Å². The third kappa shape index (κ3) is 3.27. The third-order valence-electron chi connectivity index (χ3n) is 7.37. The molecule has 1 N–H and O–H groups in total. The van der Waals surface area contributed by atoms with Gasteiger partial charge in [0.1, 0.15) is 0 Å². The molecule has 154 valence electrons. The lowest BCUT2D eigenvalue weighted by Crippen LogP contribution is -2.58. The van der Waals surface area contributed by atoms with Gasteiger partial charge in [-0.15, -0.1) is 0 Å². The van der Waals surface area contributed by atoms with Crippen LogP contribution in [-0.2, 0) is 14.3 Å². The molecule has 0 aromatic heterocycles. The SMILES string of the molecule is O=C(COC(=O)C12C[C@@H]3C[C@@H](CC(O)(C3)C1)C2)c1ccc(N2CCCC2=O)cc1. The second-order valence-corrected chi connectivity index (χ2v) is 9.66. The summed E-state index contributed by atoms with van der Waals surface area (Å²) in [6.45, 7) is 0.427. The van der Waals surface area contributed by atoms with E-state index in [4.69, 9.17) is 4.74 Å². The quantitative estimate of drug-likeness (QED) is 0.610. The molecular formula is C23H27NO5. The number of amides is 1. The first-order chi connectivity index (χ1) is 13.9. The summed E-state index contributed by atoms with van der Waals surface area (Å²) < 4.78 is 5.47. The molecule has 2 unspecified atom stereocenters. The molecule has 1 saturated heterocycles. The van der Waals surface area contributed by atoms with Gasteiger partial charge in [-0.1, -0.05) is 0 Å². The maximum Gasteiger partial charge on any atom is 0.312 e. The lowest BCUT2D eigenvalue weighted by atomic mass is 9.48. The van der Waals surface area contributed by atoms with Crippen molar-refractivity contribution in [3.63, 3.8) is 0 Å². The summed E-state index contributed by atoms with van der Waals surface area (Å²) >= 11 is 0. The fraction of sp³-hybridized carbons (Fsp3) is 0.609. The minimum absolute atomic E-state index is 0.107. The van der Waals surface area contributed by atoms with Gasteiger partial charge in [0.15, 0.2) is 12.4 Å². The van der Waals surface area contributed by atoms with Gasteiger partial charge in [-0.2, -0.15) is 0 Å². The van der Waals surface area contributed by atoms with E-state index in [1.165, 1.54) is 0 Å². The van der Waals surface area contributed by atoms with Gasteiger partial charge < -0.3 is 14.7 Å². The zero-order chi connectivity index (χ0) is 20.2. The van der Waals surface area contributed by atoms with Gasteiger partial charge in [-0.25, -0.2) is 0 Å². The fourth-order valence-electron chi connectivity index (χ4n) is 6.57. The van der Waals surface area contributed by atoms with Crippen LogP contribution in [0.3, 0.4) is 0 Å². The van der Waals surface area contributed by atoms with Crippen LogP contribution in [0.2, 0.25) is 0 Å². The number of carbonyl (C=O) groups excluding carboxylic acids is 3. The summed E-state index contributed by atoms with van der Waals surface area (Å²) in [6, 6.07) is 6.91. The molecule has 4 atom stereocenters. The van der Waals surface area contributed by atoms with Crippen LogP contribution in [-0.4, -0.2) is 41.5 Å². The van der Waals surface area contributed by atoms with Crippen molar-refractivity contribution in [1.82, 2.24) is 0 Å². The molecule has 4 saturated carbocycles. The van der Waals surface area contributed by atoms with Crippen molar-refractivity contribution < 1.29 is 24.2 Å². The number of aliphatic hydroxyl groups is 1. The van der Waals surface area contributed by atoms with E-state index >= 15 is 0 Å². The number of esters is 1. The Labute approximate surface area is 170 Å². The van der Waals surface area contributed by atoms with Crippen molar-refractivity contribution in [2.24, 2.45) is 17.3 Å². The molecule has 1 aromatic carbocycles. The minimum Gasteiger partial charge on any atom is -0.457 e. The van der Waals surface area contributed by atoms with E-state index in [0.717, 1.165) is 44.2 Å². The normalized spacial score (nSPS) is 35.2. The predicted octanol–water partition coefficient (Wildman–Crippen LogP) is 2.87. The van der Waals surface area contributed by atoms with Gasteiger partial charge in [0.25, 0.3) is 0 Å². The largest absolute Gasteiger partial charge is 0.457 e. The molecule has 0 spiro atoms. The van der Waals surface area contributed by atoms with Gasteiger partial charge in [0.2, 0.25) is 5.91 Å². The van der Waals surface area contributed by atoms with Crippen molar-refractivity contribution >= 4 is 23.3 Å². The first kappa shape index (κ1) is 18.8. The lowest BCUT2D eigenvalue weighted by molar-refractivity contribution is -0.195. The molecule has 29 heavy (non-hydrogen) atoms. The van der Waals surface area contributed by atoms with Gasteiger partial charge >= 0.3 is 5.97 Å². The standard InChI is InChI=1S/C23H27NO5/c25-19(17-3-5-18(6-4-17)24-7-1-2-20(24)26)13-29-21(27)22-9-15-8-16(10-22)12-23(28,11-15)14-22/h3-6,15-16,28H,1-2,7-14H2/t15-,16+,22?,23?. The second-order valence-electron chi connectivity index (χ2n) is 9.66. The van der Waals surface area contributed by atoms with Crippen LogP contribution in [0.1, 0.15) is 61.7 Å². The number of hydrogen-bond acceptors (Lipinski definition) is 5. The Balaban J connectivity index is 1.22. The number of ketones is 1. The Morgan fingerprint density at radius 2 is 1.79 bits per heavy atom. The van der Waals surface area contributed by atoms with Gasteiger partial charge in [0.05, 0.1) is 11.0 Å². The van der Waals surface area contributed by atoms with Gasteiger partial charge in [-0.05, 0) is 81.0 Å². The smallest absolute Gasteiger partial charge is 0.312 e. The van der Waals surface area contributed by atoms with Crippen LogP contribution in [0, 0.1) is 17.3 Å². The maximum atomic E-state index is 12.9. The summed E-state index contributed by atoms with van der Waals surface area (Å²) in [5.41, 5.74) is -0.0742. The number of anilines is 1. The summed E-state index contributed by atoms with van der Waals surface area (Å²) in [6.07, 6.45) is 6.13. The first-order valence-corrected chi connectivity index (χ1v) is 10.7. The number of rotatable bonds is 5. The Kier molecular flexibility index (Phi) is 4.32. The molecule has 5 aliphatic rings. The fourth-order valence-corrected chi connectivity index (χ4v) is 6.57. The zero-order valence-corrected chi connectivity index (χ0v) is 16.6. The Morgan fingerprint density at radius 3 is 2.38 bits per heavy atom. The summed E-state index contributed by atoms with van der Waals surface area (Å²) in [5, 5.41) is 10.8. The van der Waals surface area contributed by atoms with E-state index in [2.05, 4.69) is 0 Å². The number of benzene rings is 1. The van der Waals surface area contributed by atoms with Crippen molar-refractivity contribution in [3.8, 4) is 0 Å². The van der Waals surface area contributed by atoms with Crippen LogP contribution in [0.25, 0.3) is 0 Å². The Bertz CT molecular complexity index is 847. The highest BCUT2D eigenvalue weighted by atomic mass is 16.5. The molecule has 0 radical (unpaired) electrons. The molecule has 6 rings (SSSR count). The van der Waals surface area contributed by atoms with Gasteiger partial charge in [-0.3, -0.25) is 14.4 Å². The van der Waals surface area contributed by atoms with E-state index in [1.54, 1.807) is 29.2 Å². The molecule has 5 fully saturated rings. The number of hydrogen-bond donors (Lipinski definition) is 1. The molecule has 1 aromatic rings. The van der Waals surface area contributed by atoms with E-state index in [-0.39, 0.29) is 24.3 Å². The first-order valence-electron chi connectivity index (χ1n) is 10.7. The molecule has 6 nitrogen and oxygen atoms in total. The highest BCUT2D eigenvalue weighted by Gasteiger charge is 2.60. The molecule has 6 heteroatoms. The summed E-state index contributed by atoms with van der Waals surface area (Å²) in [4.78, 5) is 39.0. The molecule has 4 aliphatic carbocycles. The Morgan fingerprint density at radius 1 is 1.10 bits per heavy atom. The van der Waals surface area contributed by atoms with Crippen molar-refractivity contribution in [2.75, 3.05) is 18.1 Å². The number of nitrogens with zero attached hydrogens (tertiary/aromatic N) is 1. The monoisotopic (exact) mass is 397 g/mol. The highest BCUT2D eigenvalue weighted by Crippen LogP contribution is 2.61. The average molecular weight is 397 g/mol. The van der Waals surface area contributed by atoms with E-state index in [1.807, 2.05) is 0 Å². The minimum atomic E-state index is -0.726. The van der Waals surface area contributed by atoms with Crippen LogP contribution in [0.5, 0.6) is 0 Å². The molecule has 4 bridgehead atoms. The van der Waals surface area contributed by atoms with Crippen molar-refractivity contribution in [2.45, 2.75) is 57.0 Å². The lowest BCUT2D eigenvalue weighted by Gasteiger charge is -2.58. The average Bonchev–Trinajstić information content (AvgIpc) is 3.10. The number of Topliss-reactive ketones (excluding diaryl/α,β-unsaturated/α-hetero) is 1. The van der Waals surface area contributed by atoms with Crippen LogP contribution < -0.4 is 4.90 Å². The molecule has 1 heterocycles. The third-order valence-corrected chi connectivity index (χ3v) is 7.37. The van der Waals surface area contributed by atoms with E-state index in [0.29, 0.717) is 36.8 Å². The molecule has 1 amide bonds. The maximum absolute atomic E-state index is 12.9. The summed E-state index contributed by atoms with van der Waals surface area (Å²) in [7, 11) is 0. The van der Waals surface area contributed by atoms with Crippen LogP contribution in [0.4, 0.5) is 5.69 Å². The Hall–Kier alpha value is -2.21. The number of carbonyl (C=O) groups is 3. The number of ether oxygens (including phenoxy) is 1. The topological polar surface area (TPSA) is 83.9 Å². The zero-order valence-electron chi connectivity index (χ0n) is 16.6. The molecular weight excluding hydrogens is 370 g/mol. The van der Waals surface area contributed by atoms with Crippen molar-refractivity contribution in [3.05, 3.63) is 29.8 Å². The molecule has 1 aliphatic heterocycles. The van der Waals surface area contributed by atoms with E-state index in [9.17, 15) is 19.5 Å².